The molecule has 150 valence electrons. The average molecular weight is 580 g/mol. The molecule has 0 amide bonds. The van der Waals surface area contributed by atoms with Gasteiger partial charge in [0.25, 0.3) is 0 Å². The Morgan fingerprint density at radius 2 is 0.931 bits per heavy atom. The number of para-hydroxylation sites is 1. The molecule has 0 spiro atoms. The largest absolute Gasteiger partial charge is 0.399 e. The molecule has 0 saturated carbocycles. The number of nitrogens with two attached hydrogens (primary N) is 1. The summed E-state index contributed by atoms with van der Waals surface area (Å²) in [6.07, 6.45) is -0.342. The molecule has 2 N–H and O–H groups in total. The summed E-state index contributed by atoms with van der Waals surface area (Å²) in [5.41, 5.74) is 4.84. The van der Waals surface area contributed by atoms with Crippen molar-refractivity contribution in [1.82, 2.24) is 0 Å². The summed E-state index contributed by atoms with van der Waals surface area (Å²) >= 11 is 5.07. The van der Waals surface area contributed by atoms with Gasteiger partial charge in [-0.1, -0.05) is 135 Å². The quantitative estimate of drug-likeness (QED) is 0.145. The Balaban J connectivity index is 0.000000390. The average Bonchev–Trinajstić information content (AvgIpc) is 3.10. The minimum absolute atomic E-state index is 0.102. The van der Waals surface area contributed by atoms with Crippen LogP contribution < -0.4 is 5.73 Å². The molecule has 4 aromatic carbocycles. The van der Waals surface area contributed by atoms with E-state index in [1.165, 1.54) is 0 Å². The summed E-state index contributed by atoms with van der Waals surface area (Å²) in [5.74, 6) is 0. The van der Waals surface area contributed by atoms with Crippen molar-refractivity contribution in [3.8, 4) is 0 Å². The van der Waals surface area contributed by atoms with Gasteiger partial charge in [-0.3, -0.25) is 0 Å². The number of hydrogen-bond donors (Lipinski definition) is 1. The van der Waals surface area contributed by atoms with Gasteiger partial charge in [-0.05, 0) is 46.6 Å². The lowest BCUT2D eigenvalue weighted by molar-refractivity contribution is 1.19. The van der Waals surface area contributed by atoms with Crippen LogP contribution in [0.25, 0.3) is 0 Å². The third kappa shape index (κ3) is 12.9. The number of benzene rings is 4. The van der Waals surface area contributed by atoms with E-state index in [1.807, 2.05) is 4.93 Å². The van der Waals surface area contributed by atoms with Crippen LogP contribution in [0.5, 0.6) is 0 Å². The molecule has 0 fully saturated rings. The van der Waals surface area contributed by atoms with E-state index in [0.717, 1.165) is 0 Å². The molecule has 0 bridgehead atoms. The number of alkyl halides is 1. The lowest BCUT2D eigenvalue weighted by Gasteiger charge is -2.00. The fourth-order valence-electron chi connectivity index (χ4n) is 1.40. The first-order valence-corrected chi connectivity index (χ1v) is 10.5. The zero-order valence-corrected chi connectivity index (χ0v) is 18.8. The van der Waals surface area contributed by atoms with E-state index in [0.29, 0.717) is 0 Å². The monoisotopic (exact) mass is 579 g/mol. The maximum atomic E-state index is 7.85. The SMILES string of the molecule is CI.[2H]c1c([2H])c([2H])c(Br)c([2H])c1[2H].[2H]c1c([2H])c([2H])c(Cc2c([2H])c([2H])c([2H])c([2H])c2[2H])c([2H])c1[2H].[2H]c1c([2H])c([2H])c(N)c([2H])c1[2H]. The van der Waals surface area contributed by atoms with Crippen LogP contribution in [0.15, 0.2) is 125 Å². The van der Waals surface area contributed by atoms with Crippen LogP contribution in [-0.4, -0.2) is 4.93 Å². The highest BCUT2D eigenvalue weighted by Gasteiger charge is 1.92. The first kappa shape index (κ1) is 8.20. The van der Waals surface area contributed by atoms with Crippen LogP contribution in [0.3, 0.4) is 0 Å². The summed E-state index contributed by atoms with van der Waals surface area (Å²) in [6.45, 7) is 0. The second-order valence-electron chi connectivity index (χ2n) is 4.36. The number of hydrogen-bond acceptors (Lipinski definition) is 1. The van der Waals surface area contributed by atoms with Crippen molar-refractivity contribution in [2.45, 2.75) is 6.42 Å². The maximum Gasteiger partial charge on any atom is 0.0644 e. The van der Waals surface area contributed by atoms with E-state index >= 15 is 0 Å². The number of nitrogen functional groups attached to an aromatic ring is 1. The van der Waals surface area contributed by atoms with Gasteiger partial charge in [-0.15, -0.1) is 0 Å². The van der Waals surface area contributed by atoms with E-state index < -0.39 is 78.6 Å². The Morgan fingerprint density at radius 3 is 1.31 bits per heavy atom. The van der Waals surface area contributed by atoms with Gasteiger partial charge in [0.2, 0.25) is 0 Å². The third-order valence-electron chi connectivity index (χ3n) is 2.45. The van der Waals surface area contributed by atoms with Gasteiger partial charge in [0.05, 0.1) is 27.4 Å². The van der Waals surface area contributed by atoms with E-state index in [9.17, 15) is 0 Å². The maximum absolute atomic E-state index is 7.85. The fourth-order valence-corrected chi connectivity index (χ4v) is 1.60. The molecule has 3 heteroatoms. The minimum atomic E-state index is -0.537. The molecule has 29 heavy (non-hydrogen) atoms. The van der Waals surface area contributed by atoms with Gasteiger partial charge in [-0.2, -0.15) is 0 Å². The molecular weight excluding hydrogens is 533 g/mol. The van der Waals surface area contributed by atoms with Crippen molar-refractivity contribution in [1.29, 1.82) is 0 Å². The molecule has 0 heterocycles. The van der Waals surface area contributed by atoms with E-state index in [1.54, 1.807) is 0 Å². The van der Waals surface area contributed by atoms with Gasteiger partial charge in [-0.25, -0.2) is 0 Å². The Bertz CT molecular complexity index is 1500. The van der Waals surface area contributed by atoms with Gasteiger partial charge in [0.1, 0.15) is 0 Å². The summed E-state index contributed by atoms with van der Waals surface area (Å²) in [5, 5.41) is 0. The van der Waals surface area contributed by atoms with Crippen molar-refractivity contribution in [2.24, 2.45) is 0 Å². The van der Waals surface area contributed by atoms with E-state index in [2.05, 4.69) is 38.5 Å². The normalized spacial score (nSPS) is 18.4. The van der Waals surface area contributed by atoms with Crippen molar-refractivity contribution < 1.29 is 27.4 Å². The van der Waals surface area contributed by atoms with Crippen LogP contribution in [0.2, 0.25) is 0 Å². The fraction of sp³-hybridized carbons (Fsp3) is 0.0769. The second kappa shape index (κ2) is 16.8. The Kier molecular flexibility index (Phi) is 4.75. The van der Waals surface area contributed by atoms with Gasteiger partial charge >= 0.3 is 0 Å². The summed E-state index contributed by atoms with van der Waals surface area (Å²) in [6, 6.07) is -8.24. The van der Waals surface area contributed by atoms with Crippen molar-refractivity contribution >= 4 is 44.2 Å². The molecule has 0 atom stereocenters. The van der Waals surface area contributed by atoms with Crippen LogP contribution in [0, 0.1) is 0 Å². The molecule has 0 radical (unpaired) electrons. The highest BCUT2D eigenvalue weighted by molar-refractivity contribution is 14.1. The van der Waals surface area contributed by atoms with Crippen molar-refractivity contribution in [2.75, 3.05) is 10.7 Å². The van der Waals surface area contributed by atoms with Crippen LogP contribution >= 0.6 is 38.5 Å². The Morgan fingerprint density at radius 1 is 0.621 bits per heavy atom. The first-order chi connectivity index (χ1) is 22.5. The minimum Gasteiger partial charge on any atom is -0.399 e. The molecular formula is C26H27BrIN. The first-order valence-electron chi connectivity index (χ1n) is 17.6. The molecule has 0 aliphatic rings. The summed E-state index contributed by atoms with van der Waals surface area (Å²) < 4.78 is 149. The van der Waals surface area contributed by atoms with Crippen LogP contribution in [-0.2, 0) is 6.42 Å². The standard InChI is InChI=1S/C13H12.C6H5Br.C6H7N.CH3I/c1-3-7-12(8-4-1)11-13-9-5-2-6-10-13;2*7-6-4-2-1-3-5-6;1-2/h1-10H,11H2;1-5H;1-5H,7H2;1H3/i1D,2D,3D,4D,5D,6D,7D,8D,9D,10D;2*1D,2D,3D,4D,5D;. The lowest BCUT2D eigenvalue weighted by atomic mass is 10.1. The van der Waals surface area contributed by atoms with E-state index in [4.69, 9.17) is 33.1 Å². The predicted molar refractivity (Wildman–Crippen MR) is 141 cm³/mol. The van der Waals surface area contributed by atoms with Crippen molar-refractivity contribution in [3.05, 3.63) is 136 Å². The third-order valence-corrected chi connectivity index (χ3v) is 2.84. The number of rotatable bonds is 2. The zero-order chi connectivity index (χ0) is 38.6. The molecule has 0 aromatic heterocycles. The Labute approximate surface area is 225 Å². The highest BCUT2D eigenvalue weighted by atomic mass is 127. The second-order valence-corrected chi connectivity index (χ2v) is 5.15. The summed E-state index contributed by atoms with van der Waals surface area (Å²) in [4.78, 5) is 1.97. The predicted octanol–water partition coefficient (Wildman–Crippen LogP) is 8.05. The van der Waals surface area contributed by atoms with Crippen LogP contribution in [0.1, 0.15) is 38.5 Å². The molecule has 0 aliphatic carbocycles. The number of anilines is 1. The topological polar surface area (TPSA) is 26.0 Å². The molecule has 1 nitrogen and oxygen atoms in total. The molecule has 0 aliphatic heterocycles. The zero-order valence-electron chi connectivity index (χ0n) is 35.0. The Hall–Kier alpha value is -2.11. The van der Waals surface area contributed by atoms with Crippen LogP contribution in [0.4, 0.5) is 5.69 Å². The van der Waals surface area contributed by atoms with Gasteiger partial charge < -0.3 is 5.73 Å². The van der Waals surface area contributed by atoms with Crippen molar-refractivity contribution in [3.63, 3.8) is 0 Å². The smallest absolute Gasteiger partial charge is 0.0644 e. The summed E-state index contributed by atoms with van der Waals surface area (Å²) in [7, 11) is 0. The lowest BCUT2D eigenvalue weighted by Crippen LogP contribution is -1.85. The molecule has 4 aromatic rings. The molecule has 0 saturated heterocycles. The number of halogens is 2. The molecule has 0 unspecified atom stereocenters. The highest BCUT2D eigenvalue weighted by Crippen LogP contribution is 2.08. The molecule has 4 rings (SSSR count). The van der Waals surface area contributed by atoms with E-state index in [-0.39, 0.29) is 70.0 Å². The van der Waals surface area contributed by atoms with Gasteiger partial charge in [0, 0.05) is 10.2 Å². The van der Waals surface area contributed by atoms with Gasteiger partial charge in [0.15, 0.2) is 0 Å².